The van der Waals surface area contributed by atoms with Crippen molar-refractivity contribution in [2.45, 2.75) is 26.3 Å². The summed E-state index contributed by atoms with van der Waals surface area (Å²) in [6, 6.07) is 1.53. The summed E-state index contributed by atoms with van der Waals surface area (Å²) in [5.41, 5.74) is 0.0897. The molecule has 0 saturated heterocycles. The third kappa shape index (κ3) is 1.15. The molecular formula is C9H12N2O. The zero-order chi connectivity index (χ0) is 8.55. The van der Waals surface area contributed by atoms with E-state index in [2.05, 4.69) is 11.9 Å². The lowest BCUT2D eigenvalue weighted by Crippen LogP contribution is -2.29. The minimum Gasteiger partial charge on any atom is -0.297 e. The van der Waals surface area contributed by atoms with Crippen LogP contribution in [0, 0.1) is 5.92 Å². The highest BCUT2D eigenvalue weighted by Gasteiger charge is 2.15. The SMILES string of the molecule is CC1CCn2c(nccc2=O)C1. The van der Waals surface area contributed by atoms with Gasteiger partial charge in [0.1, 0.15) is 5.82 Å². The number of hydrogen-bond donors (Lipinski definition) is 0. The maximum atomic E-state index is 11.3. The van der Waals surface area contributed by atoms with Crippen molar-refractivity contribution in [3.8, 4) is 0 Å². The van der Waals surface area contributed by atoms with Crippen molar-refractivity contribution in [3.05, 3.63) is 28.4 Å². The summed E-state index contributed by atoms with van der Waals surface area (Å²) in [5.74, 6) is 1.61. The Balaban J connectivity index is 2.49. The summed E-state index contributed by atoms with van der Waals surface area (Å²) >= 11 is 0. The molecule has 0 amide bonds. The van der Waals surface area contributed by atoms with Crippen molar-refractivity contribution in [1.29, 1.82) is 0 Å². The molecule has 1 aliphatic rings. The maximum absolute atomic E-state index is 11.3. The number of hydrogen-bond acceptors (Lipinski definition) is 2. The number of aromatic nitrogens is 2. The molecule has 0 aromatic carbocycles. The van der Waals surface area contributed by atoms with Gasteiger partial charge in [0, 0.05) is 25.2 Å². The van der Waals surface area contributed by atoms with Gasteiger partial charge >= 0.3 is 0 Å². The summed E-state index contributed by atoms with van der Waals surface area (Å²) in [6.07, 6.45) is 3.64. The zero-order valence-electron chi connectivity index (χ0n) is 7.16. The van der Waals surface area contributed by atoms with Crippen molar-refractivity contribution in [3.63, 3.8) is 0 Å². The Hall–Kier alpha value is -1.12. The monoisotopic (exact) mass is 164 g/mol. The Morgan fingerprint density at radius 2 is 2.50 bits per heavy atom. The summed E-state index contributed by atoms with van der Waals surface area (Å²) in [7, 11) is 0. The van der Waals surface area contributed by atoms with E-state index in [1.165, 1.54) is 6.07 Å². The van der Waals surface area contributed by atoms with Crippen LogP contribution in [0.3, 0.4) is 0 Å². The van der Waals surface area contributed by atoms with Gasteiger partial charge in [0.25, 0.3) is 5.56 Å². The van der Waals surface area contributed by atoms with Crippen LogP contribution in [0.1, 0.15) is 19.2 Å². The first kappa shape index (κ1) is 7.53. The highest BCUT2D eigenvalue weighted by Crippen LogP contribution is 2.15. The van der Waals surface area contributed by atoms with Crippen LogP contribution in [-0.2, 0) is 13.0 Å². The van der Waals surface area contributed by atoms with Gasteiger partial charge in [-0.1, -0.05) is 6.92 Å². The van der Waals surface area contributed by atoms with Gasteiger partial charge in [0.15, 0.2) is 0 Å². The Morgan fingerprint density at radius 1 is 1.67 bits per heavy atom. The van der Waals surface area contributed by atoms with E-state index in [1.807, 2.05) is 0 Å². The molecule has 1 aromatic rings. The minimum absolute atomic E-state index is 0.0897. The highest BCUT2D eigenvalue weighted by molar-refractivity contribution is 4.97. The Kier molecular flexibility index (Phi) is 1.71. The topological polar surface area (TPSA) is 34.9 Å². The van der Waals surface area contributed by atoms with Crippen LogP contribution >= 0.6 is 0 Å². The smallest absolute Gasteiger partial charge is 0.253 e. The molecule has 2 heterocycles. The van der Waals surface area contributed by atoms with E-state index in [0.717, 1.165) is 25.2 Å². The molecule has 12 heavy (non-hydrogen) atoms. The van der Waals surface area contributed by atoms with Crippen molar-refractivity contribution >= 4 is 0 Å². The molecule has 0 N–H and O–H groups in total. The van der Waals surface area contributed by atoms with Crippen molar-refractivity contribution in [2.75, 3.05) is 0 Å². The predicted octanol–water partition coefficient (Wildman–Crippen LogP) is 0.826. The lowest BCUT2D eigenvalue weighted by molar-refractivity contribution is 0.394. The molecule has 0 saturated carbocycles. The molecule has 64 valence electrons. The van der Waals surface area contributed by atoms with Crippen LogP contribution in [0.15, 0.2) is 17.1 Å². The summed E-state index contributed by atoms with van der Waals surface area (Å²) in [5, 5.41) is 0. The first-order chi connectivity index (χ1) is 5.77. The fourth-order valence-corrected chi connectivity index (χ4v) is 1.64. The molecule has 0 fully saturated rings. The van der Waals surface area contributed by atoms with Gasteiger partial charge in [0.2, 0.25) is 0 Å². The Morgan fingerprint density at radius 3 is 3.33 bits per heavy atom. The highest BCUT2D eigenvalue weighted by atomic mass is 16.1. The number of nitrogens with zero attached hydrogens (tertiary/aromatic N) is 2. The largest absolute Gasteiger partial charge is 0.297 e. The van der Waals surface area contributed by atoms with E-state index in [1.54, 1.807) is 10.8 Å². The van der Waals surface area contributed by atoms with Crippen molar-refractivity contribution in [1.82, 2.24) is 9.55 Å². The van der Waals surface area contributed by atoms with Crippen LogP contribution in [0.4, 0.5) is 0 Å². The summed E-state index contributed by atoms with van der Waals surface area (Å²) in [6.45, 7) is 3.03. The zero-order valence-corrected chi connectivity index (χ0v) is 7.16. The third-order valence-electron chi connectivity index (χ3n) is 2.39. The second-order valence-corrected chi connectivity index (χ2v) is 3.45. The fraction of sp³-hybridized carbons (Fsp3) is 0.556. The average molecular weight is 164 g/mol. The molecule has 1 atom stereocenters. The van der Waals surface area contributed by atoms with Gasteiger partial charge < -0.3 is 0 Å². The van der Waals surface area contributed by atoms with Crippen LogP contribution in [0.2, 0.25) is 0 Å². The molecule has 3 nitrogen and oxygen atoms in total. The van der Waals surface area contributed by atoms with Gasteiger partial charge in [0.05, 0.1) is 0 Å². The molecule has 3 heteroatoms. The Labute approximate surface area is 71.1 Å². The predicted molar refractivity (Wildman–Crippen MR) is 46.0 cm³/mol. The van der Waals surface area contributed by atoms with Crippen molar-refractivity contribution in [2.24, 2.45) is 5.92 Å². The van der Waals surface area contributed by atoms with E-state index in [-0.39, 0.29) is 5.56 Å². The van der Waals surface area contributed by atoms with E-state index in [9.17, 15) is 4.79 Å². The quantitative estimate of drug-likeness (QED) is 0.569. The molecule has 0 radical (unpaired) electrons. The fourth-order valence-electron chi connectivity index (χ4n) is 1.64. The first-order valence-electron chi connectivity index (χ1n) is 4.32. The molecule has 1 aromatic heterocycles. The van der Waals surface area contributed by atoms with Gasteiger partial charge in [-0.25, -0.2) is 4.98 Å². The minimum atomic E-state index is 0.0897. The van der Waals surface area contributed by atoms with Crippen LogP contribution in [0.25, 0.3) is 0 Å². The van der Waals surface area contributed by atoms with Gasteiger partial charge in [-0.3, -0.25) is 9.36 Å². The van der Waals surface area contributed by atoms with Crippen molar-refractivity contribution < 1.29 is 0 Å². The summed E-state index contributed by atoms with van der Waals surface area (Å²) in [4.78, 5) is 15.5. The Bertz CT molecular complexity index is 343. The number of fused-ring (bicyclic) bond motifs is 1. The second kappa shape index (κ2) is 2.73. The standard InChI is InChI=1S/C9H12N2O/c1-7-3-5-11-8(6-7)10-4-2-9(11)12/h2,4,7H,3,5-6H2,1H3. The van der Waals surface area contributed by atoms with Crippen LogP contribution in [0.5, 0.6) is 0 Å². The number of rotatable bonds is 0. The van der Waals surface area contributed by atoms with Crippen LogP contribution < -0.4 is 5.56 Å². The third-order valence-corrected chi connectivity index (χ3v) is 2.39. The normalized spacial score (nSPS) is 21.9. The molecule has 1 unspecified atom stereocenters. The van der Waals surface area contributed by atoms with E-state index in [0.29, 0.717) is 5.92 Å². The second-order valence-electron chi connectivity index (χ2n) is 3.45. The van der Waals surface area contributed by atoms with Crippen LogP contribution in [-0.4, -0.2) is 9.55 Å². The van der Waals surface area contributed by atoms with Gasteiger partial charge in [-0.15, -0.1) is 0 Å². The van der Waals surface area contributed by atoms with E-state index in [4.69, 9.17) is 0 Å². The van der Waals surface area contributed by atoms with E-state index >= 15 is 0 Å². The molecule has 1 aliphatic heterocycles. The molecule has 0 aliphatic carbocycles. The van der Waals surface area contributed by atoms with Gasteiger partial charge in [-0.2, -0.15) is 0 Å². The molecular weight excluding hydrogens is 152 g/mol. The lowest BCUT2D eigenvalue weighted by Gasteiger charge is -2.21. The summed E-state index contributed by atoms with van der Waals surface area (Å²) < 4.78 is 1.78. The average Bonchev–Trinajstić information content (AvgIpc) is 2.04. The molecule has 2 rings (SSSR count). The maximum Gasteiger partial charge on any atom is 0.253 e. The van der Waals surface area contributed by atoms with Gasteiger partial charge in [-0.05, 0) is 12.3 Å². The molecule has 0 spiro atoms. The van der Waals surface area contributed by atoms with E-state index < -0.39 is 0 Å². The lowest BCUT2D eigenvalue weighted by atomic mass is 10.0. The first-order valence-corrected chi connectivity index (χ1v) is 4.32. The molecule has 0 bridgehead atoms.